The number of carbonyl (C=O) groups is 2. The molecule has 0 saturated carbocycles. The maximum Gasteiger partial charge on any atom is 0.264 e. The van der Waals surface area contributed by atoms with Crippen LogP contribution in [0.25, 0.3) is 0 Å². The lowest BCUT2D eigenvalue weighted by atomic mass is 10.1. The van der Waals surface area contributed by atoms with Crippen LogP contribution >= 0.6 is 23.2 Å². The first kappa shape index (κ1) is 27.5. The number of halogens is 2. The van der Waals surface area contributed by atoms with E-state index >= 15 is 0 Å². The van der Waals surface area contributed by atoms with Gasteiger partial charge >= 0.3 is 0 Å². The Labute approximate surface area is 221 Å². The lowest BCUT2D eigenvalue weighted by molar-refractivity contribution is -0.138. The van der Waals surface area contributed by atoms with Crippen molar-refractivity contribution >= 4 is 50.7 Å². The normalized spacial score (nSPS) is 12.0. The maximum atomic E-state index is 13.6. The van der Waals surface area contributed by atoms with Gasteiger partial charge in [-0.15, -0.1) is 0 Å². The number of nitrogens with zero attached hydrogens (tertiary/aromatic N) is 2. The molecular weight excluding hydrogens is 521 g/mol. The fourth-order valence-electron chi connectivity index (χ4n) is 3.71. The summed E-state index contributed by atoms with van der Waals surface area (Å²) in [6, 6.07) is 20.8. The van der Waals surface area contributed by atoms with Gasteiger partial charge in [0.2, 0.25) is 11.8 Å². The molecule has 1 atom stereocenters. The Morgan fingerprint density at radius 3 is 2.03 bits per heavy atom. The molecule has 3 rings (SSSR count). The van der Waals surface area contributed by atoms with E-state index in [1.54, 1.807) is 25.1 Å². The summed E-state index contributed by atoms with van der Waals surface area (Å²) in [6.45, 7) is 1.27. The SMILES string of the molecule is CNC(=O)[C@@H](C)N(CCc1ccccc1)C(=O)CN(c1cc(Cl)cc(Cl)c1)S(=O)(=O)c1ccccc1. The Morgan fingerprint density at radius 1 is 0.917 bits per heavy atom. The van der Waals surface area contributed by atoms with E-state index in [0.29, 0.717) is 6.42 Å². The summed E-state index contributed by atoms with van der Waals surface area (Å²) in [5, 5.41) is 3.00. The quantitative estimate of drug-likeness (QED) is 0.407. The highest BCUT2D eigenvalue weighted by molar-refractivity contribution is 7.92. The second-order valence-corrected chi connectivity index (χ2v) is 10.8. The highest BCUT2D eigenvalue weighted by Gasteiger charge is 2.32. The molecule has 0 aliphatic carbocycles. The van der Waals surface area contributed by atoms with Gasteiger partial charge in [0.25, 0.3) is 10.0 Å². The number of benzene rings is 3. The molecule has 0 aliphatic rings. The van der Waals surface area contributed by atoms with Crippen LogP contribution in [-0.4, -0.2) is 51.3 Å². The van der Waals surface area contributed by atoms with Gasteiger partial charge in [0, 0.05) is 23.6 Å². The van der Waals surface area contributed by atoms with Crippen LogP contribution in [0.3, 0.4) is 0 Å². The van der Waals surface area contributed by atoms with Gasteiger partial charge in [-0.1, -0.05) is 71.7 Å². The van der Waals surface area contributed by atoms with Gasteiger partial charge in [-0.2, -0.15) is 0 Å². The van der Waals surface area contributed by atoms with Gasteiger partial charge in [0.1, 0.15) is 12.6 Å². The Balaban J connectivity index is 1.99. The topological polar surface area (TPSA) is 86.8 Å². The van der Waals surface area contributed by atoms with Crippen molar-refractivity contribution in [2.24, 2.45) is 0 Å². The van der Waals surface area contributed by atoms with E-state index in [0.717, 1.165) is 9.87 Å². The smallest absolute Gasteiger partial charge is 0.264 e. The zero-order valence-corrected chi connectivity index (χ0v) is 22.2. The van der Waals surface area contributed by atoms with Gasteiger partial charge < -0.3 is 10.2 Å². The molecule has 2 amide bonds. The van der Waals surface area contributed by atoms with Gasteiger partial charge in [-0.3, -0.25) is 13.9 Å². The Bertz CT molecular complexity index is 1290. The summed E-state index contributed by atoms with van der Waals surface area (Å²) in [4.78, 5) is 27.5. The minimum atomic E-state index is -4.17. The van der Waals surface area contributed by atoms with Crippen molar-refractivity contribution in [1.29, 1.82) is 0 Å². The van der Waals surface area contributed by atoms with Gasteiger partial charge in [-0.05, 0) is 49.2 Å². The molecule has 0 bridgehead atoms. The molecule has 0 fully saturated rings. The van der Waals surface area contributed by atoms with Gasteiger partial charge in [0.15, 0.2) is 0 Å². The van der Waals surface area contributed by atoms with E-state index in [9.17, 15) is 18.0 Å². The van der Waals surface area contributed by atoms with E-state index < -0.39 is 28.5 Å². The molecule has 0 unspecified atom stereocenters. The molecule has 0 heterocycles. The highest BCUT2D eigenvalue weighted by Crippen LogP contribution is 2.30. The molecule has 190 valence electrons. The molecule has 36 heavy (non-hydrogen) atoms. The van der Waals surface area contributed by atoms with Crippen molar-refractivity contribution in [2.75, 3.05) is 24.4 Å². The molecule has 3 aromatic carbocycles. The van der Waals surface area contributed by atoms with Crippen molar-refractivity contribution in [2.45, 2.75) is 24.3 Å². The number of amides is 2. The number of carbonyl (C=O) groups excluding carboxylic acids is 2. The molecule has 10 heteroatoms. The first-order chi connectivity index (χ1) is 17.1. The molecule has 7 nitrogen and oxygen atoms in total. The maximum absolute atomic E-state index is 13.6. The molecule has 0 aromatic heterocycles. The van der Waals surface area contributed by atoms with E-state index in [1.807, 2.05) is 30.3 Å². The van der Waals surface area contributed by atoms with Crippen LogP contribution in [0.2, 0.25) is 10.0 Å². The zero-order chi connectivity index (χ0) is 26.3. The van der Waals surface area contributed by atoms with Gasteiger partial charge in [-0.25, -0.2) is 8.42 Å². The molecule has 0 spiro atoms. The summed E-state index contributed by atoms with van der Waals surface area (Å²) < 4.78 is 28.3. The Morgan fingerprint density at radius 2 is 1.47 bits per heavy atom. The number of likely N-dealkylation sites (N-methyl/N-ethyl adjacent to an activating group) is 1. The average molecular weight is 548 g/mol. The zero-order valence-electron chi connectivity index (χ0n) is 19.9. The first-order valence-electron chi connectivity index (χ1n) is 11.2. The summed E-state index contributed by atoms with van der Waals surface area (Å²) >= 11 is 12.3. The van der Waals surface area contributed by atoms with Crippen LogP contribution in [-0.2, 0) is 26.0 Å². The number of nitrogens with one attached hydrogen (secondary N) is 1. The third-order valence-electron chi connectivity index (χ3n) is 5.64. The number of sulfonamides is 1. The van der Waals surface area contributed by atoms with E-state index in [4.69, 9.17) is 23.2 Å². The fourth-order valence-corrected chi connectivity index (χ4v) is 5.64. The number of anilines is 1. The van der Waals surface area contributed by atoms with E-state index in [-0.39, 0.29) is 33.1 Å². The van der Waals surface area contributed by atoms with Crippen molar-refractivity contribution in [3.63, 3.8) is 0 Å². The van der Waals surface area contributed by atoms with Gasteiger partial charge in [0.05, 0.1) is 10.6 Å². The van der Waals surface area contributed by atoms with Crippen molar-refractivity contribution < 1.29 is 18.0 Å². The third kappa shape index (κ3) is 6.78. The number of hydrogen-bond donors (Lipinski definition) is 1. The van der Waals surface area contributed by atoms with Crippen LogP contribution in [0, 0.1) is 0 Å². The first-order valence-corrected chi connectivity index (χ1v) is 13.4. The minimum absolute atomic E-state index is 0.00378. The second kappa shape index (κ2) is 12.3. The monoisotopic (exact) mass is 547 g/mol. The second-order valence-electron chi connectivity index (χ2n) is 8.07. The van der Waals surface area contributed by atoms with Crippen LogP contribution < -0.4 is 9.62 Å². The van der Waals surface area contributed by atoms with Crippen molar-refractivity contribution in [3.8, 4) is 0 Å². The summed E-state index contributed by atoms with van der Waals surface area (Å²) in [5.74, 6) is -0.905. The largest absolute Gasteiger partial charge is 0.357 e. The standard InChI is InChI=1S/C26H27Cl2N3O4S/c1-19(26(33)29-2)30(14-13-20-9-5-3-6-10-20)25(32)18-31(23-16-21(27)15-22(28)17-23)36(34,35)24-11-7-4-8-12-24/h3-12,15-17,19H,13-14,18H2,1-2H3,(H,29,33)/t19-/m1/s1. The van der Waals surface area contributed by atoms with Crippen molar-refractivity contribution in [1.82, 2.24) is 10.2 Å². The van der Waals surface area contributed by atoms with E-state index in [1.165, 1.54) is 42.3 Å². The fraction of sp³-hybridized carbons (Fsp3) is 0.231. The predicted molar refractivity (Wildman–Crippen MR) is 143 cm³/mol. The van der Waals surface area contributed by atoms with Crippen LogP contribution in [0.15, 0.2) is 83.8 Å². The Hall–Kier alpha value is -3.07. The highest BCUT2D eigenvalue weighted by atomic mass is 35.5. The molecule has 0 aliphatic heterocycles. The molecule has 0 radical (unpaired) electrons. The summed E-state index contributed by atoms with van der Waals surface area (Å²) in [7, 11) is -2.68. The third-order valence-corrected chi connectivity index (χ3v) is 7.87. The Kier molecular flexibility index (Phi) is 9.37. The predicted octanol–water partition coefficient (Wildman–Crippen LogP) is 4.39. The molecule has 0 saturated heterocycles. The number of hydrogen-bond acceptors (Lipinski definition) is 4. The van der Waals surface area contributed by atoms with Crippen LogP contribution in [0.5, 0.6) is 0 Å². The average Bonchev–Trinajstić information content (AvgIpc) is 2.87. The van der Waals surface area contributed by atoms with E-state index in [2.05, 4.69) is 5.32 Å². The molecular formula is C26H27Cl2N3O4S. The molecule has 1 N–H and O–H groups in total. The molecule has 3 aromatic rings. The summed E-state index contributed by atoms with van der Waals surface area (Å²) in [5.41, 5.74) is 1.12. The van der Waals surface area contributed by atoms with Crippen LogP contribution in [0.1, 0.15) is 12.5 Å². The summed E-state index contributed by atoms with van der Waals surface area (Å²) in [6.07, 6.45) is 0.488. The lowest BCUT2D eigenvalue weighted by Crippen LogP contribution is -2.51. The van der Waals surface area contributed by atoms with Crippen molar-refractivity contribution in [3.05, 3.63) is 94.5 Å². The minimum Gasteiger partial charge on any atom is -0.357 e. The van der Waals surface area contributed by atoms with Crippen LogP contribution in [0.4, 0.5) is 5.69 Å². The number of rotatable bonds is 10. The lowest BCUT2D eigenvalue weighted by Gasteiger charge is -2.31.